The minimum Gasteiger partial charge on any atom is -0.496 e. The number of aryl methyl sites for hydroxylation is 2. The van der Waals surface area contributed by atoms with Gasteiger partial charge in [-0.15, -0.1) is 0 Å². The highest BCUT2D eigenvalue weighted by Crippen LogP contribution is 2.36. The SMILES string of the molecule is COc1cc(Nc2cc(C)c(OC)c(C)c2)c(C(=O)O)cc1OC. The summed E-state index contributed by atoms with van der Waals surface area (Å²) in [5.74, 6) is 0.571. The van der Waals surface area contributed by atoms with Gasteiger partial charge in [0.05, 0.1) is 32.6 Å². The number of carboxylic acid groups (broad SMARTS) is 1. The van der Waals surface area contributed by atoms with Crippen molar-refractivity contribution in [1.29, 1.82) is 0 Å². The van der Waals surface area contributed by atoms with Crippen molar-refractivity contribution in [2.24, 2.45) is 0 Å². The van der Waals surface area contributed by atoms with Crippen molar-refractivity contribution < 1.29 is 24.1 Å². The fourth-order valence-electron chi connectivity index (χ4n) is 2.66. The van der Waals surface area contributed by atoms with Crippen molar-refractivity contribution in [3.8, 4) is 17.2 Å². The molecule has 0 unspecified atom stereocenters. The molecule has 0 fully saturated rings. The van der Waals surface area contributed by atoms with Crippen LogP contribution in [-0.4, -0.2) is 32.4 Å². The first-order valence-electron chi connectivity index (χ1n) is 7.32. The molecule has 2 aromatic carbocycles. The van der Waals surface area contributed by atoms with E-state index in [9.17, 15) is 9.90 Å². The maximum Gasteiger partial charge on any atom is 0.337 e. The van der Waals surface area contributed by atoms with E-state index in [1.165, 1.54) is 20.3 Å². The molecule has 6 heteroatoms. The van der Waals surface area contributed by atoms with E-state index in [-0.39, 0.29) is 5.56 Å². The summed E-state index contributed by atoms with van der Waals surface area (Å²) in [5.41, 5.74) is 3.19. The Bertz CT molecular complexity index is 747. The first kappa shape index (κ1) is 17.5. The zero-order chi connectivity index (χ0) is 17.9. The first-order valence-corrected chi connectivity index (χ1v) is 7.32. The largest absolute Gasteiger partial charge is 0.496 e. The van der Waals surface area contributed by atoms with Crippen LogP contribution >= 0.6 is 0 Å². The number of methoxy groups -OCH3 is 3. The highest BCUT2D eigenvalue weighted by atomic mass is 16.5. The molecule has 0 saturated carbocycles. The lowest BCUT2D eigenvalue weighted by atomic mass is 10.1. The third-order valence-corrected chi connectivity index (χ3v) is 3.70. The second kappa shape index (κ2) is 7.12. The molecule has 0 aliphatic carbocycles. The molecule has 0 amide bonds. The summed E-state index contributed by atoms with van der Waals surface area (Å²) >= 11 is 0. The molecule has 0 radical (unpaired) electrons. The Labute approximate surface area is 141 Å². The summed E-state index contributed by atoms with van der Waals surface area (Å²) < 4.78 is 15.8. The number of nitrogens with one attached hydrogen (secondary N) is 1. The predicted octanol–water partition coefficient (Wildman–Crippen LogP) is 3.77. The van der Waals surface area contributed by atoms with Crippen molar-refractivity contribution >= 4 is 17.3 Å². The van der Waals surface area contributed by atoms with Gasteiger partial charge in [-0.3, -0.25) is 0 Å². The summed E-state index contributed by atoms with van der Waals surface area (Å²) in [5, 5.41) is 12.6. The summed E-state index contributed by atoms with van der Waals surface area (Å²) in [6.07, 6.45) is 0. The molecule has 0 aromatic heterocycles. The Morgan fingerprint density at radius 3 is 1.92 bits per heavy atom. The van der Waals surface area contributed by atoms with Crippen LogP contribution in [0.25, 0.3) is 0 Å². The van der Waals surface area contributed by atoms with E-state index in [2.05, 4.69) is 5.32 Å². The zero-order valence-electron chi connectivity index (χ0n) is 14.4. The van der Waals surface area contributed by atoms with E-state index >= 15 is 0 Å². The fourth-order valence-corrected chi connectivity index (χ4v) is 2.66. The molecule has 2 aromatic rings. The van der Waals surface area contributed by atoms with Crippen LogP contribution in [0.2, 0.25) is 0 Å². The van der Waals surface area contributed by atoms with Gasteiger partial charge in [0.1, 0.15) is 5.75 Å². The molecule has 0 spiro atoms. The molecular weight excluding hydrogens is 310 g/mol. The lowest BCUT2D eigenvalue weighted by molar-refractivity contribution is 0.0697. The minimum absolute atomic E-state index is 0.0961. The molecule has 0 bridgehead atoms. The van der Waals surface area contributed by atoms with E-state index in [1.54, 1.807) is 13.2 Å². The topological polar surface area (TPSA) is 77.0 Å². The van der Waals surface area contributed by atoms with Gasteiger partial charge in [0.2, 0.25) is 0 Å². The number of ether oxygens (including phenoxy) is 3. The second-order valence-electron chi connectivity index (χ2n) is 5.33. The predicted molar refractivity (Wildman–Crippen MR) is 92.3 cm³/mol. The summed E-state index contributed by atoms with van der Waals surface area (Å²) in [6.45, 7) is 3.87. The molecule has 2 rings (SSSR count). The molecule has 0 aliphatic heterocycles. The molecule has 24 heavy (non-hydrogen) atoms. The van der Waals surface area contributed by atoms with Crippen molar-refractivity contribution in [1.82, 2.24) is 0 Å². The molecule has 0 saturated heterocycles. The standard InChI is InChI=1S/C18H21NO5/c1-10-6-12(7-11(2)17(10)24-5)19-14-9-16(23-4)15(22-3)8-13(14)18(20)21/h6-9,19H,1-5H3,(H,20,21). The van der Waals surface area contributed by atoms with Gasteiger partial charge in [0.15, 0.2) is 11.5 Å². The molecule has 128 valence electrons. The Kier molecular flexibility index (Phi) is 5.18. The number of hydrogen-bond acceptors (Lipinski definition) is 5. The van der Waals surface area contributed by atoms with Crippen LogP contribution in [0.3, 0.4) is 0 Å². The monoisotopic (exact) mass is 331 g/mol. The molecule has 0 heterocycles. The van der Waals surface area contributed by atoms with E-state index < -0.39 is 5.97 Å². The Morgan fingerprint density at radius 2 is 1.46 bits per heavy atom. The van der Waals surface area contributed by atoms with Crippen LogP contribution < -0.4 is 19.5 Å². The summed E-state index contributed by atoms with van der Waals surface area (Å²) in [7, 11) is 4.59. The van der Waals surface area contributed by atoms with Crippen molar-refractivity contribution in [2.45, 2.75) is 13.8 Å². The van der Waals surface area contributed by atoms with Gasteiger partial charge in [-0.25, -0.2) is 4.79 Å². The van der Waals surface area contributed by atoms with Crippen molar-refractivity contribution in [2.75, 3.05) is 26.6 Å². The third kappa shape index (κ3) is 3.37. The second-order valence-corrected chi connectivity index (χ2v) is 5.33. The molecule has 6 nitrogen and oxygen atoms in total. The number of carbonyl (C=O) groups is 1. The van der Waals surface area contributed by atoms with Gasteiger partial charge < -0.3 is 24.6 Å². The Hall–Kier alpha value is -2.89. The lowest BCUT2D eigenvalue weighted by Gasteiger charge is -2.16. The van der Waals surface area contributed by atoms with Gasteiger partial charge >= 0.3 is 5.97 Å². The number of anilines is 2. The minimum atomic E-state index is -1.06. The maximum absolute atomic E-state index is 11.6. The van der Waals surface area contributed by atoms with Crippen LogP contribution in [-0.2, 0) is 0 Å². The Morgan fingerprint density at radius 1 is 0.917 bits per heavy atom. The average Bonchev–Trinajstić information content (AvgIpc) is 2.53. The average molecular weight is 331 g/mol. The zero-order valence-corrected chi connectivity index (χ0v) is 14.4. The van der Waals surface area contributed by atoms with E-state index in [4.69, 9.17) is 14.2 Å². The number of rotatable bonds is 6. The van der Waals surface area contributed by atoms with Gasteiger partial charge in [-0.1, -0.05) is 0 Å². The van der Waals surface area contributed by atoms with Crippen LogP contribution in [0, 0.1) is 13.8 Å². The summed E-state index contributed by atoms with van der Waals surface area (Å²) in [4.78, 5) is 11.6. The Balaban J connectivity index is 2.51. The van der Waals surface area contributed by atoms with Crippen molar-refractivity contribution in [3.63, 3.8) is 0 Å². The smallest absolute Gasteiger partial charge is 0.337 e. The van der Waals surface area contributed by atoms with Crippen molar-refractivity contribution in [3.05, 3.63) is 41.0 Å². The normalized spacial score (nSPS) is 10.2. The first-order chi connectivity index (χ1) is 11.4. The highest BCUT2D eigenvalue weighted by molar-refractivity contribution is 5.96. The fraction of sp³-hybridized carbons (Fsp3) is 0.278. The van der Waals surface area contributed by atoms with Crippen LogP contribution in [0.1, 0.15) is 21.5 Å². The molecule has 2 N–H and O–H groups in total. The van der Waals surface area contributed by atoms with E-state index in [0.29, 0.717) is 17.2 Å². The number of benzene rings is 2. The van der Waals surface area contributed by atoms with Gasteiger partial charge in [0.25, 0.3) is 0 Å². The van der Waals surface area contributed by atoms with Crippen LogP contribution in [0.5, 0.6) is 17.2 Å². The van der Waals surface area contributed by atoms with Gasteiger partial charge in [-0.05, 0) is 37.1 Å². The van der Waals surface area contributed by atoms with Crippen LogP contribution in [0.15, 0.2) is 24.3 Å². The third-order valence-electron chi connectivity index (χ3n) is 3.70. The molecule has 0 aliphatic rings. The lowest BCUT2D eigenvalue weighted by Crippen LogP contribution is -2.05. The number of aromatic carboxylic acids is 1. The van der Waals surface area contributed by atoms with E-state index in [0.717, 1.165) is 22.6 Å². The summed E-state index contributed by atoms with van der Waals surface area (Å²) in [6, 6.07) is 6.84. The maximum atomic E-state index is 11.6. The molecular formula is C18H21NO5. The van der Waals surface area contributed by atoms with Gasteiger partial charge in [0, 0.05) is 17.8 Å². The quantitative estimate of drug-likeness (QED) is 0.839. The highest BCUT2D eigenvalue weighted by Gasteiger charge is 2.17. The number of carboxylic acids is 1. The number of hydrogen-bond donors (Lipinski definition) is 2. The van der Waals surface area contributed by atoms with E-state index in [1.807, 2.05) is 26.0 Å². The molecule has 0 atom stereocenters. The van der Waals surface area contributed by atoms with Crippen LogP contribution in [0.4, 0.5) is 11.4 Å². The van der Waals surface area contributed by atoms with Gasteiger partial charge in [-0.2, -0.15) is 0 Å².